The zero-order valence-corrected chi connectivity index (χ0v) is 19.8. The van der Waals surface area contributed by atoms with Crippen LogP contribution >= 0.6 is 0 Å². The van der Waals surface area contributed by atoms with Crippen molar-refractivity contribution in [3.05, 3.63) is 65.0 Å². The Bertz CT molecular complexity index is 1190. The number of halogens is 1. The van der Waals surface area contributed by atoms with Crippen LogP contribution < -0.4 is 21.7 Å². The number of amides is 1. The van der Waals surface area contributed by atoms with Crippen LogP contribution in [0, 0.1) is 23.6 Å². The summed E-state index contributed by atoms with van der Waals surface area (Å²) in [6.07, 6.45) is 2.84. The van der Waals surface area contributed by atoms with Gasteiger partial charge >= 0.3 is 0 Å². The van der Waals surface area contributed by atoms with E-state index in [9.17, 15) is 9.18 Å². The average Bonchev–Trinajstić information content (AvgIpc) is 2.84. The van der Waals surface area contributed by atoms with Crippen LogP contribution in [0.3, 0.4) is 0 Å². The molecule has 1 fully saturated rings. The smallest absolute Gasteiger partial charge is 0.255 e. The van der Waals surface area contributed by atoms with E-state index in [1.165, 1.54) is 11.6 Å². The fourth-order valence-corrected chi connectivity index (χ4v) is 4.50. The minimum atomic E-state index is -0.407. The van der Waals surface area contributed by atoms with Crippen molar-refractivity contribution in [2.75, 3.05) is 49.5 Å². The number of nitrogens with one attached hydrogen (secondary N) is 3. The molecule has 0 bridgehead atoms. The Balaban J connectivity index is 1.41. The molecule has 4 rings (SSSR count). The molecule has 35 heavy (non-hydrogen) atoms. The van der Waals surface area contributed by atoms with Crippen LogP contribution in [0.25, 0.3) is 5.57 Å². The van der Waals surface area contributed by atoms with E-state index in [-0.39, 0.29) is 17.8 Å². The summed E-state index contributed by atoms with van der Waals surface area (Å²) in [4.78, 5) is 18.4. The number of aryl methyl sites for hydroxylation is 1. The number of nitrogens with two attached hydrogens (primary N) is 2. The lowest BCUT2D eigenvalue weighted by Gasteiger charge is -2.36. The van der Waals surface area contributed by atoms with Gasteiger partial charge in [0.15, 0.2) is 11.9 Å². The molecule has 10 heteroatoms. The Morgan fingerprint density at radius 1 is 0.971 bits per heavy atom. The number of guanidine groups is 2. The van der Waals surface area contributed by atoms with Crippen molar-refractivity contribution in [2.45, 2.75) is 13.3 Å². The maximum absolute atomic E-state index is 14.9. The van der Waals surface area contributed by atoms with Crippen LogP contribution in [0.2, 0.25) is 0 Å². The molecule has 0 aromatic heterocycles. The van der Waals surface area contributed by atoms with Gasteiger partial charge in [0.05, 0.1) is 5.69 Å². The van der Waals surface area contributed by atoms with Gasteiger partial charge in [-0.05, 0) is 54.3 Å². The summed E-state index contributed by atoms with van der Waals surface area (Å²) in [6, 6.07) is 10.4. The molecule has 0 saturated carbocycles. The van der Waals surface area contributed by atoms with Gasteiger partial charge in [0, 0.05) is 50.5 Å². The number of rotatable bonds is 4. The Hall–Kier alpha value is -4.08. The summed E-state index contributed by atoms with van der Waals surface area (Å²) in [6.45, 7) is 5.43. The van der Waals surface area contributed by atoms with Crippen LogP contribution in [0.4, 0.5) is 15.8 Å². The highest BCUT2D eigenvalue weighted by atomic mass is 19.1. The molecule has 9 nitrogen and oxygen atoms in total. The molecule has 2 aromatic rings. The zero-order valence-electron chi connectivity index (χ0n) is 19.8. The topological polar surface area (TPSA) is 139 Å². The van der Waals surface area contributed by atoms with Crippen molar-refractivity contribution in [1.29, 1.82) is 10.8 Å². The van der Waals surface area contributed by atoms with E-state index in [0.717, 1.165) is 17.5 Å². The fourth-order valence-electron chi connectivity index (χ4n) is 4.50. The van der Waals surface area contributed by atoms with Gasteiger partial charge in [-0.25, -0.2) is 4.39 Å². The van der Waals surface area contributed by atoms with Gasteiger partial charge in [-0.3, -0.25) is 15.6 Å². The van der Waals surface area contributed by atoms with Crippen molar-refractivity contribution in [3.63, 3.8) is 0 Å². The highest BCUT2D eigenvalue weighted by molar-refractivity contribution is 6.05. The molecular weight excluding hydrogens is 447 g/mol. The van der Waals surface area contributed by atoms with E-state index in [2.05, 4.69) is 11.4 Å². The Kier molecular flexibility index (Phi) is 6.90. The number of piperazine rings is 1. The normalized spacial score (nSPS) is 16.1. The van der Waals surface area contributed by atoms with Gasteiger partial charge in [-0.15, -0.1) is 0 Å². The molecule has 0 radical (unpaired) electrons. The monoisotopic (exact) mass is 478 g/mol. The lowest BCUT2D eigenvalue weighted by Crippen LogP contribution is -2.51. The quantitative estimate of drug-likeness (QED) is 0.338. The third-order valence-corrected chi connectivity index (χ3v) is 6.56. The van der Waals surface area contributed by atoms with Gasteiger partial charge in [0.2, 0.25) is 0 Å². The SMILES string of the molecule is Cc1cc(C2=CCN(C(=N)N)CC2)ccc1C(=O)Nc1ccc(N2CCN(C(=N)N)CC2)c(F)c1. The maximum Gasteiger partial charge on any atom is 0.255 e. The second-order valence-electron chi connectivity index (χ2n) is 8.82. The Morgan fingerprint density at radius 2 is 1.69 bits per heavy atom. The molecule has 1 amide bonds. The van der Waals surface area contributed by atoms with Crippen LogP contribution in [-0.2, 0) is 0 Å². The summed E-state index contributed by atoms with van der Waals surface area (Å²) in [5, 5.41) is 17.9. The molecule has 2 heterocycles. The molecule has 184 valence electrons. The van der Waals surface area contributed by atoms with E-state index in [1.807, 2.05) is 24.0 Å². The van der Waals surface area contributed by atoms with Crippen molar-refractivity contribution in [2.24, 2.45) is 11.5 Å². The van der Waals surface area contributed by atoms with E-state index < -0.39 is 5.82 Å². The second-order valence-corrected chi connectivity index (χ2v) is 8.82. The predicted octanol–water partition coefficient (Wildman–Crippen LogP) is 2.38. The maximum atomic E-state index is 14.9. The highest BCUT2D eigenvalue weighted by Crippen LogP contribution is 2.27. The fraction of sp³-hybridized carbons (Fsp3) is 0.320. The van der Waals surface area contributed by atoms with E-state index in [1.54, 1.807) is 28.0 Å². The lowest BCUT2D eigenvalue weighted by atomic mass is 9.95. The van der Waals surface area contributed by atoms with Crippen molar-refractivity contribution >= 4 is 34.8 Å². The first-order chi connectivity index (χ1) is 16.7. The van der Waals surface area contributed by atoms with Gasteiger partial charge in [0.25, 0.3) is 5.91 Å². The largest absolute Gasteiger partial charge is 0.370 e. The molecule has 0 unspecified atom stereocenters. The van der Waals surface area contributed by atoms with Gasteiger partial charge < -0.3 is 31.5 Å². The first-order valence-corrected chi connectivity index (χ1v) is 11.6. The number of hydrogen-bond acceptors (Lipinski definition) is 4. The summed E-state index contributed by atoms with van der Waals surface area (Å²) in [5.74, 6) is -0.600. The van der Waals surface area contributed by atoms with Crippen molar-refractivity contribution in [3.8, 4) is 0 Å². The standard InChI is InChI=1S/C25H31FN8O/c1-16-14-18(17-6-8-33(9-7-17)24(27)28)2-4-20(16)23(35)31-19-3-5-22(21(26)15-19)32-10-12-34(13-11-32)25(29)30/h2-6,14-15H,7-13H2,1H3,(H3,27,28)(H3,29,30)(H,31,35). The number of nitrogens with zero attached hydrogens (tertiary/aromatic N) is 3. The molecule has 7 N–H and O–H groups in total. The van der Waals surface area contributed by atoms with Crippen molar-refractivity contribution < 1.29 is 9.18 Å². The predicted molar refractivity (Wildman–Crippen MR) is 137 cm³/mol. The van der Waals surface area contributed by atoms with E-state index in [4.69, 9.17) is 22.3 Å². The van der Waals surface area contributed by atoms with Gasteiger partial charge in [-0.1, -0.05) is 18.2 Å². The molecule has 2 aromatic carbocycles. The molecule has 0 aliphatic carbocycles. The summed E-state index contributed by atoms with van der Waals surface area (Å²) < 4.78 is 14.9. The first kappa shape index (κ1) is 24.1. The zero-order chi connectivity index (χ0) is 25.1. The van der Waals surface area contributed by atoms with E-state index in [0.29, 0.717) is 56.2 Å². The van der Waals surface area contributed by atoms with Crippen molar-refractivity contribution in [1.82, 2.24) is 9.80 Å². The van der Waals surface area contributed by atoms with E-state index >= 15 is 0 Å². The Labute approximate surface area is 204 Å². The first-order valence-electron chi connectivity index (χ1n) is 11.6. The second kappa shape index (κ2) is 10.0. The van der Waals surface area contributed by atoms with Crippen LogP contribution in [-0.4, -0.2) is 66.9 Å². The molecule has 2 aliphatic heterocycles. The average molecular weight is 479 g/mol. The number of hydrogen-bond donors (Lipinski definition) is 5. The summed E-state index contributed by atoms with van der Waals surface area (Å²) in [7, 11) is 0. The van der Waals surface area contributed by atoms with Crippen LogP contribution in [0.1, 0.15) is 27.9 Å². The van der Waals surface area contributed by atoms with Gasteiger partial charge in [0.1, 0.15) is 5.82 Å². The molecule has 0 spiro atoms. The number of carbonyl (C=O) groups excluding carboxylic acids is 1. The van der Waals surface area contributed by atoms with Crippen LogP contribution in [0.5, 0.6) is 0 Å². The lowest BCUT2D eigenvalue weighted by molar-refractivity contribution is 0.102. The minimum absolute atomic E-state index is 0.0293. The Morgan fingerprint density at radius 3 is 2.26 bits per heavy atom. The summed E-state index contributed by atoms with van der Waals surface area (Å²) >= 11 is 0. The summed E-state index contributed by atoms with van der Waals surface area (Å²) in [5.41, 5.74) is 15.5. The third kappa shape index (κ3) is 5.37. The van der Waals surface area contributed by atoms with Crippen LogP contribution in [0.15, 0.2) is 42.5 Å². The highest BCUT2D eigenvalue weighted by Gasteiger charge is 2.21. The number of anilines is 2. The third-order valence-electron chi connectivity index (χ3n) is 6.56. The molecule has 0 atom stereocenters. The van der Waals surface area contributed by atoms with Gasteiger partial charge in [-0.2, -0.15) is 0 Å². The molecule has 1 saturated heterocycles. The number of benzene rings is 2. The molecule has 2 aliphatic rings. The minimum Gasteiger partial charge on any atom is -0.370 e. The number of carbonyl (C=O) groups is 1. The molecular formula is C25H31FN8O.